The Bertz CT molecular complexity index is 1530. The van der Waals surface area contributed by atoms with Gasteiger partial charge in [0.25, 0.3) is 0 Å². The SMILES string of the molecule is Cc1nc2cc3nn2c(c1[C@H](OC(C)(C)C)C(=O)O)N1CCC(C)(CC1)OCCCC[C@H](C)Oc1cc(F)cc(F)c1COC3. The van der Waals surface area contributed by atoms with Crippen LogP contribution in [0.3, 0.4) is 0 Å². The van der Waals surface area contributed by atoms with Crippen LogP contribution in [-0.2, 0) is 32.2 Å². The highest BCUT2D eigenvalue weighted by Gasteiger charge is 2.37. The van der Waals surface area contributed by atoms with Crippen molar-refractivity contribution in [3.05, 3.63) is 52.3 Å². The van der Waals surface area contributed by atoms with E-state index in [0.717, 1.165) is 31.7 Å². The van der Waals surface area contributed by atoms with Gasteiger partial charge in [0.1, 0.15) is 23.2 Å². The first kappa shape index (κ1) is 33.0. The first-order valence-electron chi connectivity index (χ1n) is 15.6. The summed E-state index contributed by atoms with van der Waals surface area (Å²) in [4.78, 5) is 19.5. The maximum absolute atomic E-state index is 14.9. The Morgan fingerprint density at radius 1 is 1.16 bits per heavy atom. The van der Waals surface area contributed by atoms with Crippen molar-refractivity contribution < 1.29 is 37.6 Å². The van der Waals surface area contributed by atoms with Gasteiger partial charge in [-0.2, -0.15) is 9.61 Å². The predicted octanol–water partition coefficient (Wildman–Crippen LogP) is 6.30. The Kier molecular flexibility index (Phi) is 9.67. The fourth-order valence-corrected chi connectivity index (χ4v) is 5.98. The monoisotopic (exact) mass is 630 g/mol. The standard InChI is InChI=1S/C33H44F2N4O6/c1-20-9-7-8-14-43-33(6)10-12-38(13-11-33)30-28(29(31(40)41)45-32(3,4)5)21(2)36-27-17-23(37-39(27)30)18-42-19-24-25(35)15-22(34)16-26(24)44-20/h15-17,20,29H,7-14,18-19H2,1-6H3,(H,40,41)/t20-,29-/m0/s1. The number of aromatic nitrogens is 3. The van der Waals surface area contributed by atoms with E-state index in [1.807, 2.05) is 27.7 Å². The number of nitrogens with zero attached hydrogens (tertiary/aromatic N) is 4. The summed E-state index contributed by atoms with van der Waals surface area (Å²) >= 11 is 0. The molecule has 6 rings (SSSR count). The van der Waals surface area contributed by atoms with E-state index in [1.165, 1.54) is 6.07 Å². The minimum absolute atomic E-state index is 0.00967. The molecule has 0 aliphatic carbocycles. The fraction of sp³-hybridized carbons (Fsp3) is 0.606. The van der Waals surface area contributed by atoms with E-state index in [2.05, 4.69) is 11.8 Å². The van der Waals surface area contributed by atoms with Crippen molar-refractivity contribution in [1.29, 1.82) is 0 Å². The van der Waals surface area contributed by atoms with Gasteiger partial charge in [0, 0.05) is 43.6 Å². The summed E-state index contributed by atoms with van der Waals surface area (Å²) in [5.74, 6) is -1.87. The summed E-state index contributed by atoms with van der Waals surface area (Å²) in [5, 5.41) is 15.1. The van der Waals surface area contributed by atoms with Crippen LogP contribution in [0.2, 0.25) is 0 Å². The van der Waals surface area contributed by atoms with Crippen LogP contribution in [0, 0.1) is 18.6 Å². The van der Waals surface area contributed by atoms with Crippen molar-refractivity contribution in [2.24, 2.45) is 0 Å². The third-order valence-corrected chi connectivity index (χ3v) is 8.33. The number of hydrogen-bond donors (Lipinski definition) is 1. The highest BCUT2D eigenvalue weighted by molar-refractivity contribution is 5.78. The quantitative estimate of drug-likeness (QED) is 0.357. The first-order chi connectivity index (χ1) is 21.2. The number of aryl methyl sites for hydroxylation is 1. The minimum atomic E-state index is -1.28. The molecule has 12 heteroatoms. The highest BCUT2D eigenvalue weighted by Crippen LogP contribution is 2.38. The van der Waals surface area contributed by atoms with E-state index in [4.69, 9.17) is 29.0 Å². The molecular weight excluding hydrogens is 586 g/mol. The lowest BCUT2D eigenvalue weighted by atomic mass is 9.92. The van der Waals surface area contributed by atoms with E-state index in [0.29, 0.717) is 54.5 Å². The molecule has 45 heavy (non-hydrogen) atoms. The molecule has 4 bridgehead atoms. The van der Waals surface area contributed by atoms with Gasteiger partial charge in [0.05, 0.1) is 47.3 Å². The third-order valence-electron chi connectivity index (χ3n) is 8.33. The molecule has 2 atom stereocenters. The Labute approximate surface area is 262 Å². The molecular formula is C33H44F2N4O6. The van der Waals surface area contributed by atoms with Gasteiger partial charge >= 0.3 is 5.97 Å². The number of carboxylic acids is 1. The second kappa shape index (κ2) is 13.2. The molecule has 1 fully saturated rings. The van der Waals surface area contributed by atoms with Gasteiger partial charge in [0.15, 0.2) is 11.8 Å². The molecule has 3 aliphatic rings. The summed E-state index contributed by atoms with van der Waals surface area (Å²) in [6.45, 7) is 12.9. The van der Waals surface area contributed by atoms with E-state index in [1.54, 1.807) is 17.5 Å². The van der Waals surface area contributed by atoms with E-state index in [-0.39, 0.29) is 36.2 Å². The summed E-state index contributed by atoms with van der Waals surface area (Å²) < 4.78 is 55.1. The van der Waals surface area contributed by atoms with Gasteiger partial charge in [-0.05, 0) is 73.6 Å². The molecule has 1 N–H and O–H groups in total. The lowest BCUT2D eigenvalue weighted by molar-refractivity contribution is -0.160. The van der Waals surface area contributed by atoms with Crippen molar-refractivity contribution in [1.82, 2.24) is 14.6 Å². The second-order valence-corrected chi connectivity index (χ2v) is 13.4. The summed E-state index contributed by atoms with van der Waals surface area (Å²) in [5.41, 5.74) is 1.05. The van der Waals surface area contributed by atoms with Crippen molar-refractivity contribution >= 4 is 17.4 Å². The van der Waals surface area contributed by atoms with E-state index < -0.39 is 29.3 Å². The molecule has 2 aromatic heterocycles. The predicted molar refractivity (Wildman–Crippen MR) is 164 cm³/mol. The van der Waals surface area contributed by atoms with Crippen LogP contribution in [0.5, 0.6) is 5.75 Å². The normalized spacial score (nSPS) is 22.7. The summed E-state index contributed by atoms with van der Waals surface area (Å²) in [6, 6.07) is 3.77. The highest BCUT2D eigenvalue weighted by atomic mass is 19.1. The lowest BCUT2D eigenvalue weighted by Crippen LogP contribution is -2.46. The number of ether oxygens (including phenoxy) is 4. The van der Waals surface area contributed by atoms with Crippen LogP contribution in [0.1, 0.15) is 95.3 Å². The lowest BCUT2D eigenvalue weighted by Gasteiger charge is -2.41. The molecule has 0 spiro atoms. The molecule has 0 radical (unpaired) electrons. The molecule has 5 heterocycles. The van der Waals surface area contributed by atoms with E-state index in [9.17, 15) is 18.7 Å². The number of hydrogen-bond acceptors (Lipinski definition) is 8. The van der Waals surface area contributed by atoms with Gasteiger partial charge in [0.2, 0.25) is 0 Å². The van der Waals surface area contributed by atoms with Crippen molar-refractivity contribution in [3.8, 4) is 5.75 Å². The molecule has 3 aromatic rings. The number of anilines is 1. The Hall–Kier alpha value is -3.35. The van der Waals surface area contributed by atoms with Crippen LogP contribution in [0.15, 0.2) is 18.2 Å². The first-order valence-corrected chi connectivity index (χ1v) is 15.6. The van der Waals surface area contributed by atoms with Crippen LogP contribution < -0.4 is 9.64 Å². The average molecular weight is 631 g/mol. The van der Waals surface area contributed by atoms with Gasteiger partial charge in [-0.3, -0.25) is 0 Å². The number of carboxylic acid groups (broad SMARTS) is 1. The maximum Gasteiger partial charge on any atom is 0.337 e. The molecule has 0 amide bonds. The van der Waals surface area contributed by atoms with Gasteiger partial charge in [-0.1, -0.05) is 0 Å². The van der Waals surface area contributed by atoms with Crippen LogP contribution in [-0.4, -0.2) is 62.7 Å². The zero-order chi connectivity index (χ0) is 32.5. The topological polar surface area (TPSA) is 108 Å². The maximum atomic E-state index is 14.9. The third kappa shape index (κ3) is 7.73. The number of rotatable bonds is 3. The summed E-state index contributed by atoms with van der Waals surface area (Å²) in [6.07, 6.45) is 2.27. The van der Waals surface area contributed by atoms with Gasteiger partial charge in [-0.25, -0.2) is 18.6 Å². The smallest absolute Gasteiger partial charge is 0.337 e. The van der Waals surface area contributed by atoms with Crippen LogP contribution >= 0.6 is 0 Å². The number of piperidine rings is 1. The fourth-order valence-electron chi connectivity index (χ4n) is 5.98. The molecule has 10 nitrogen and oxygen atoms in total. The molecule has 1 aromatic carbocycles. The average Bonchev–Trinajstić information content (AvgIpc) is 3.34. The minimum Gasteiger partial charge on any atom is -0.490 e. The van der Waals surface area contributed by atoms with Crippen molar-refractivity contribution in [2.45, 2.75) is 110 Å². The zero-order valence-electron chi connectivity index (χ0n) is 27.0. The van der Waals surface area contributed by atoms with Gasteiger partial charge in [-0.15, -0.1) is 0 Å². The Morgan fingerprint density at radius 2 is 1.89 bits per heavy atom. The molecule has 3 aliphatic heterocycles. The molecule has 1 saturated heterocycles. The zero-order valence-corrected chi connectivity index (χ0v) is 27.0. The van der Waals surface area contributed by atoms with Crippen LogP contribution in [0.25, 0.3) is 5.65 Å². The van der Waals surface area contributed by atoms with E-state index >= 15 is 0 Å². The molecule has 246 valence electrons. The largest absolute Gasteiger partial charge is 0.490 e. The number of aliphatic carboxylic acids is 1. The number of benzene rings is 1. The summed E-state index contributed by atoms with van der Waals surface area (Å²) in [7, 11) is 0. The Morgan fingerprint density at radius 3 is 2.58 bits per heavy atom. The molecule has 0 unspecified atom stereocenters. The number of halogens is 2. The number of carbonyl (C=O) groups is 1. The van der Waals surface area contributed by atoms with Crippen LogP contribution in [0.4, 0.5) is 14.6 Å². The Balaban J connectivity index is 1.57. The second-order valence-electron chi connectivity index (χ2n) is 13.4. The number of fused-ring (bicyclic) bond motifs is 10. The molecule has 0 saturated carbocycles. The van der Waals surface area contributed by atoms with Crippen molar-refractivity contribution in [3.63, 3.8) is 0 Å². The van der Waals surface area contributed by atoms with Gasteiger partial charge < -0.3 is 29.0 Å². The van der Waals surface area contributed by atoms with Crippen molar-refractivity contribution in [2.75, 3.05) is 24.6 Å².